The molecule has 0 bridgehead atoms. The van der Waals surface area contributed by atoms with Gasteiger partial charge >= 0.3 is 6.03 Å². The van der Waals surface area contributed by atoms with Gasteiger partial charge in [-0.2, -0.15) is 0 Å². The Hall–Kier alpha value is -2.93. The van der Waals surface area contributed by atoms with E-state index in [-0.39, 0.29) is 17.4 Å². The number of hydrogen-bond donors (Lipinski definition) is 1. The van der Waals surface area contributed by atoms with E-state index in [0.29, 0.717) is 22.8 Å². The minimum atomic E-state index is -0.211. The van der Waals surface area contributed by atoms with Gasteiger partial charge in [-0.15, -0.1) is 0 Å². The number of hydrogen-bond acceptors (Lipinski definition) is 4. The summed E-state index contributed by atoms with van der Waals surface area (Å²) < 4.78 is 0. The molecule has 5 rings (SSSR count). The third kappa shape index (κ3) is 2.88. The lowest BCUT2D eigenvalue weighted by Gasteiger charge is -2.49. The highest BCUT2D eigenvalue weighted by Crippen LogP contribution is 2.43. The van der Waals surface area contributed by atoms with Crippen LogP contribution in [0.25, 0.3) is 0 Å². The van der Waals surface area contributed by atoms with E-state index >= 15 is 0 Å². The molecule has 0 unspecified atom stereocenters. The number of aryl methyl sites for hydroxylation is 1. The molecule has 1 spiro atoms. The predicted molar refractivity (Wildman–Crippen MR) is 112 cm³/mol. The van der Waals surface area contributed by atoms with E-state index in [4.69, 9.17) is 0 Å². The zero-order valence-electron chi connectivity index (χ0n) is 16.8. The maximum Gasteiger partial charge on any atom is 0.330 e. The van der Waals surface area contributed by atoms with Gasteiger partial charge in [-0.1, -0.05) is 13.0 Å². The van der Waals surface area contributed by atoms with Crippen LogP contribution in [0.5, 0.6) is 0 Å². The van der Waals surface area contributed by atoms with Crippen LogP contribution in [0.1, 0.15) is 29.3 Å². The quantitative estimate of drug-likeness (QED) is 0.811. The lowest BCUT2D eigenvalue weighted by Crippen LogP contribution is -2.61. The number of anilines is 3. The Labute approximate surface area is 170 Å². The van der Waals surface area contributed by atoms with Gasteiger partial charge in [0.1, 0.15) is 0 Å². The van der Waals surface area contributed by atoms with E-state index in [1.165, 1.54) is 0 Å². The second-order valence-corrected chi connectivity index (χ2v) is 8.50. The molecule has 0 saturated carbocycles. The first-order chi connectivity index (χ1) is 14.0. The van der Waals surface area contributed by atoms with Crippen molar-refractivity contribution < 1.29 is 9.59 Å². The van der Waals surface area contributed by atoms with Crippen LogP contribution in [0.3, 0.4) is 0 Å². The van der Waals surface area contributed by atoms with E-state index in [1.54, 1.807) is 23.2 Å². The molecular weight excluding hydrogens is 366 g/mol. The molecule has 1 aromatic carbocycles. The van der Waals surface area contributed by atoms with Gasteiger partial charge in [0.2, 0.25) is 0 Å². The number of aromatic nitrogens is 1. The molecule has 1 N–H and O–H groups in total. The Morgan fingerprint density at radius 3 is 2.79 bits per heavy atom. The maximum atomic E-state index is 13.6. The summed E-state index contributed by atoms with van der Waals surface area (Å²) in [7, 11) is 2.13. The number of urea groups is 1. The van der Waals surface area contributed by atoms with Crippen LogP contribution in [-0.2, 0) is 6.42 Å². The van der Waals surface area contributed by atoms with Crippen LogP contribution in [0, 0.1) is 5.41 Å². The van der Waals surface area contributed by atoms with E-state index in [0.717, 1.165) is 44.6 Å². The lowest BCUT2D eigenvalue weighted by molar-refractivity contribution is 0.0445. The standard InChI is InChI=1S/C22H25N5O2/c1-3-15-6-7-18-16(11-15)20(28)24-17-5-4-9-23-19(17)27(18)21(29)26-13-22(14-26)8-10-25(2)12-22/h4-7,9,11H,3,8,10,12-14H2,1-2H3,(H,24,28). The number of rotatable bonds is 1. The fraction of sp³-hybridized carbons (Fsp3) is 0.409. The highest BCUT2D eigenvalue weighted by atomic mass is 16.2. The van der Waals surface area contributed by atoms with Crippen molar-refractivity contribution in [3.05, 3.63) is 47.7 Å². The normalized spacial score (nSPS) is 20.0. The Bertz CT molecular complexity index is 998. The fourth-order valence-electron chi connectivity index (χ4n) is 4.81. The molecular formula is C22H25N5O2. The zero-order chi connectivity index (χ0) is 20.2. The molecule has 2 fully saturated rings. The predicted octanol–water partition coefficient (Wildman–Crippen LogP) is 3.11. The Kier molecular flexibility index (Phi) is 4.10. The highest BCUT2D eigenvalue weighted by molar-refractivity contribution is 6.17. The minimum absolute atomic E-state index is 0.118. The first-order valence-corrected chi connectivity index (χ1v) is 10.2. The highest BCUT2D eigenvalue weighted by Gasteiger charge is 2.50. The van der Waals surface area contributed by atoms with Crippen LogP contribution in [0.2, 0.25) is 0 Å². The van der Waals surface area contributed by atoms with Crippen molar-refractivity contribution in [2.45, 2.75) is 19.8 Å². The Balaban J connectivity index is 1.54. The minimum Gasteiger partial charge on any atom is -0.323 e. The largest absolute Gasteiger partial charge is 0.330 e. The summed E-state index contributed by atoms with van der Waals surface area (Å²) in [6.07, 6.45) is 3.60. The second-order valence-electron chi connectivity index (χ2n) is 8.50. The number of nitrogens with one attached hydrogen (secondary N) is 1. The zero-order valence-corrected chi connectivity index (χ0v) is 16.8. The van der Waals surface area contributed by atoms with E-state index < -0.39 is 0 Å². The van der Waals surface area contributed by atoms with Gasteiger partial charge < -0.3 is 15.1 Å². The van der Waals surface area contributed by atoms with Crippen LogP contribution in [0.15, 0.2) is 36.5 Å². The van der Waals surface area contributed by atoms with Gasteiger partial charge in [0.15, 0.2) is 5.82 Å². The van der Waals surface area contributed by atoms with Crippen molar-refractivity contribution in [2.75, 3.05) is 43.4 Å². The summed E-state index contributed by atoms with van der Waals surface area (Å²) in [5.41, 5.74) is 2.92. The molecule has 3 aliphatic heterocycles. The molecule has 7 nitrogen and oxygen atoms in total. The van der Waals surface area contributed by atoms with Crippen molar-refractivity contribution in [3.63, 3.8) is 0 Å². The van der Waals surface area contributed by atoms with Gasteiger partial charge in [-0.05, 0) is 56.3 Å². The molecule has 150 valence electrons. The van der Waals surface area contributed by atoms with E-state index in [9.17, 15) is 9.59 Å². The molecule has 29 heavy (non-hydrogen) atoms. The monoisotopic (exact) mass is 391 g/mol. The van der Waals surface area contributed by atoms with Crippen LogP contribution in [0.4, 0.5) is 22.0 Å². The fourth-order valence-corrected chi connectivity index (χ4v) is 4.81. The van der Waals surface area contributed by atoms with Gasteiger partial charge in [-0.25, -0.2) is 14.7 Å². The van der Waals surface area contributed by atoms with Crippen molar-refractivity contribution in [1.29, 1.82) is 0 Å². The molecule has 2 aromatic rings. The number of pyridine rings is 1. The molecule has 4 heterocycles. The van der Waals surface area contributed by atoms with Crippen LogP contribution >= 0.6 is 0 Å². The van der Waals surface area contributed by atoms with Crippen LogP contribution in [-0.4, -0.2) is 59.9 Å². The number of amides is 3. The number of fused-ring (bicyclic) bond motifs is 2. The summed E-state index contributed by atoms with van der Waals surface area (Å²) in [6, 6.07) is 9.16. The Morgan fingerprint density at radius 2 is 2.07 bits per heavy atom. The van der Waals surface area contributed by atoms with Gasteiger partial charge in [0, 0.05) is 31.2 Å². The summed E-state index contributed by atoms with van der Waals surface area (Å²) in [4.78, 5) is 36.8. The molecule has 2 saturated heterocycles. The molecule has 7 heteroatoms. The summed E-state index contributed by atoms with van der Waals surface area (Å²) >= 11 is 0. The summed E-state index contributed by atoms with van der Waals surface area (Å²) in [5.74, 6) is 0.260. The second kappa shape index (κ2) is 6.56. The molecule has 0 aliphatic carbocycles. The lowest BCUT2D eigenvalue weighted by atomic mass is 9.79. The van der Waals surface area contributed by atoms with Crippen molar-refractivity contribution in [2.24, 2.45) is 5.41 Å². The molecule has 0 atom stereocenters. The third-order valence-electron chi connectivity index (χ3n) is 6.34. The smallest absolute Gasteiger partial charge is 0.323 e. The summed E-state index contributed by atoms with van der Waals surface area (Å²) in [6.45, 7) is 5.66. The third-order valence-corrected chi connectivity index (χ3v) is 6.34. The number of nitrogens with zero attached hydrogens (tertiary/aromatic N) is 4. The number of carbonyl (C=O) groups is 2. The first-order valence-electron chi connectivity index (χ1n) is 10.2. The molecule has 3 aliphatic rings. The maximum absolute atomic E-state index is 13.6. The van der Waals surface area contributed by atoms with Crippen molar-refractivity contribution >= 4 is 29.1 Å². The first kappa shape index (κ1) is 18.1. The summed E-state index contributed by atoms with van der Waals surface area (Å²) in [5, 5.41) is 2.92. The molecule has 3 amide bonds. The van der Waals surface area contributed by atoms with Crippen LogP contribution < -0.4 is 10.2 Å². The topological polar surface area (TPSA) is 68.8 Å². The molecule has 1 aromatic heterocycles. The molecule has 0 radical (unpaired) electrons. The average molecular weight is 391 g/mol. The van der Waals surface area contributed by atoms with Gasteiger partial charge in [0.25, 0.3) is 5.91 Å². The average Bonchev–Trinajstić information content (AvgIpc) is 3.05. The SMILES string of the molecule is CCc1ccc2c(c1)C(=O)Nc1cccnc1N2C(=O)N1CC2(CCN(C)C2)C1. The Morgan fingerprint density at radius 1 is 1.24 bits per heavy atom. The number of carbonyl (C=O) groups excluding carboxylic acids is 2. The number of benzene rings is 1. The van der Waals surface area contributed by atoms with E-state index in [1.807, 2.05) is 30.0 Å². The van der Waals surface area contributed by atoms with Crippen molar-refractivity contribution in [3.8, 4) is 0 Å². The van der Waals surface area contributed by atoms with Gasteiger partial charge in [0.05, 0.1) is 16.9 Å². The van der Waals surface area contributed by atoms with E-state index in [2.05, 4.69) is 22.2 Å². The van der Waals surface area contributed by atoms with Gasteiger partial charge in [-0.3, -0.25) is 4.79 Å². The number of likely N-dealkylation sites (tertiary alicyclic amines) is 2. The van der Waals surface area contributed by atoms with Crippen molar-refractivity contribution in [1.82, 2.24) is 14.8 Å².